The van der Waals surface area contributed by atoms with E-state index >= 15 is 0 Å². The lowest BCUT2D eigenvalue weighted by molar-refractivity contribution is 1.14. The van der Waals surface area contributed by atoms with Crippen LogP contribution >= 0.6 is 22.9 Å². The van der Waals surface area contributed by atoms with Gasteiger partial charge in [0.25, 0.3) is 0 Å². The number of halogens is 1. The van der Waals surface area contributed by atoms with Gasteiger partial charge in [-0.25, -0.2) is 4.98 Å². The third-order valence-electron chi connectivity index (χ3n) is 2.24. The second kappa shape index (κ2) is 5.17. The maximum atomic E-state index is 8.84. The van der Waals surface area contributed by atoms with Crippen molar-refractivity contribution in [3.8, 4) is 6.07 Å². The van der Waals surface area contributed by atoms with E-state index in [4.69, 9.17) is 16.9 Å². The molecule has 0 unspecified atom stereocenters. The number of nitriles is 1. The number of hydrogen-bond donors (Lipinski definition) is 1. The van der Waals surface area contributed by atoms with Crippen LogP contribution in [0.3, 0.4) is 0 Å². The summed E-state index contributed by atoms with van der Waals surface area (Å²) in [6, 6.07) is 7.76. The van der Waals surface area contributed by atoms with Crippen molar-refractivity contribution < 1.29 is 0 Å². The van der Waals surface area contributed by atoms with Crippen LogP contribution in [0, 0.1) is 18.3 Å². The van der Waals surface area contributed by atoms with Crippen LogP contribution in [-0.2, 0) is 6.54 Å². The van der Waals surface area contributed by atoms with E-state index in [9.17, 15) is 0 Å². The summed E-state index contributed by atoms with van der Waals surface area (Å²) in [5.41, 5.74) is 0.437. The van der Waals surface area contributed by atoms with Gasteiger partial charge in [0, 0.05) is 16.0 Å². The molecule has 0 aromatic carbocycles. The number of pyridine rings is 1. The Labute approximate surface area is 109 Å². The molecule has 0 saturated carbocycles. The molecule has 2 aromatic rings. The zero-order chi connectivity index (χ0) is 12.3. The summed E-state index contributed by atoms with van der Waals surface area (Å²) < 4.78 is 0. The van der Waals surface area contributed by atoms with E-state index < -0.39 is 0 Å². The molecule has 0 aliphatic carbocycles. The van der Waals surface area contributed by atoms with Crippen LogP contribution in [0.4, 0.5) is 5.82 Å². The molecule has 0 bridgehead atoms. The van der Waals surface area contributed by atoms with Crippen LogP contribution in [0.5, 0.6) is 0 Å². The first-order chi connectivity index (χ1) is 8.20. The highest BCUT2D eigenvalue weighted by atomic mass is 35.5. The molecule has 17 heavy (non-hydrogen) atoms. The van der Waals surface area contributed by atoms with Crippen LogP contribution in [-0.4, -0.2) is 4.98 Å². The van der Waals surface area contributed by atoms with Crippen molar-refractivity contribution in [3.05, 3.63) is 44.7 Å². The van der Waals surface area contributed by atoms with Gasteiger partial charge >= 0.3 is 0 Å². The first kappa shape index (κ1) is 11.9. The summed E-state index contributed by atoms with van der Waals surface area (Å²) in [4.78, 5) is 6.60. The molecule has 0 radical (unpaired) electrons. The Bertz CT molecular complexity index is 571. The predicted molar refractivity (Wildman–Crippen MR) is 70.3 cm³/mol. The Balaban J connectivity index is 2.12. The number of nitrogens with zero attached hydrogens (tertiary/aromatic N) is 2. The Morgan fingerprint density at radius 1 is 1.47 bits per heavy atom. The van der Waals surface area contributed by atoms with E-state index in [-0.39, 0.29) is 0 Å². The monoisotopic (exact) mass is 263 g/mol. The van der Waals surface area contributed by atoms with Crippen LogP contribution in [0.2, 0.25) is 5.02 Å². The molecule has 2 rings (SSSR count). The summed E-state index contributed by atoms with van der Waals surface area (Å²) >= 11 is 7.76. The number of rotatable bonds is 3. The minimum Gasteiger partial charge on any atom is -0.364 e. The average Bonchev–Trinajstić information content (AvgIpc) is 2.74. The molecule has 0 saturated heterocycles. The minimum absolute atomic E-state index is 0.378. The van der Waals surface area contributed by atoms with Gasteiger partial charge in [0.1, 0.15) is 16.9 Å². The van der Waals surface area contributed by atoms with Crippen molar-refractivity contribution in [1.82, 2.24) is 4.98 Å². The molecule has 1 N–H and O–H groups in total. The van der Waals surface area contributed by atoms with E-state index in [0.717, 1.165) is 0 Å². The topological polar surface area (TPSA) is 48.7 Å². The first-order valence-electron chi connectivity index (χ1n) is 5.04. The smallest absolute Gasteiger partial charge is 0.146 e. The normalized spacial score (nSPS) is 9.94. The van der Waals surface area contributed by atoms with Crippen molar-refractivity contribution in [3.63, 3.8) is 0 Å². The molecular formula is C12H10ClN3S. The second-order valence-corrected chi connectivity index (χ2v) is 5.25. The highest BCUT2D eigenvalue weighted by Crippen LogP contribution is 2.24. The number of nitrogens with one attached hydrogen (secondary N) is 1. The summed E-state index contributed by atoms with van der Waals surface area (Å²) in [7, 11) is 0. The fourth-order valence-electron chi connectivity index (χ4n) is 1.40. The van der Waals surface area contributed by atoms with Gasteiger partial charge in [0.05, 0.1) is 12.1 Å². The van der Waals surface area contributed by atoms with Crippen LogP contribution in [0.1, 0.15) is 15.3 Å². The molecule has 0 atom stereocenters. The molecule has 2 aromatic heterocycles. The van der Waals surface area contributed by atoms with Gasteiger partial charge in [0.15, 0.2) is 0 Å². The highest BCUT2D eigenvalue weighted by Gasteiger charge is 2.06. The quantitative estimate of drug-likeness (QED) is 0.921. The van der Waals surface area contributed by atoms with Crippen molar-refractivity contribution >= 4 is 28.8 Å². The average molecular weight is 264 g/mol. The van der Waals surface area contributed by atoms with Gasteiger partial charge in [0.2, 0.25) is 0 Å². The summed E-state index contributed by atoms with van der Waals surface area (Å²) in [5, 5.41) is 12.4. The van der Waals surface area contributed by atoms with Crippen LogP contribution < -0.4 is 5.32 Å². The molecule has 0 fully saturated rings. The number of aryl methyl sites for hydroxylation is 1. The number of thiophene rings is 1. The standard InChI is InChI=1S/C12H10ClN3S/c1-8-2-3-10(17-8)7-16-12-11(13)9(6-14)4-5-15-12/h2-5H,7H2,1H3,(H,15,16). The SMILES string of the molecule is Cc1ccc(CNc2nccc(C#N)c2Cl)s1. The third kappa shape index (κ3) is 2.76. The third-order valence-corrected chi connectivity index (χ3v) is 3.62. The molecule has 0 spiro atoms. The van der Waals surface area contributed by atoms with E-state index in [1.807, 2.05) is 6.07 Å². The number of anilines is 1. The largest absolute Gasteiger partial charge is 0.364 e. The van der Waals surface area contributed by atoms with Crippen LogP contribution in [0.15, 0.2) is 24.4 Å². The molecule has 2 heterocycles. The first-order valence-corrected chi connectivity index (χ1v) is 6.24. The lowest BCUT2D eigenvalue weighted by Crippen LogP contribution is -2.01. The van der Waals surface area contributed by atoms with Crippen molar-refractivity contribution in [2.45, 2.75) is 13.5 Å². The van der Waals surface area contributed by atoms with Crippen LogP contribution in [0.25, 0.3) is 0 Å². The zero-order valence-electron chi connectivity index (χ0n) is 9.20. The molecule has 0 aliphatic heterocycles. The lowest BCUT2D eigenvalue weighted by atomic mass is 10.3. The highest BCUT2D eigenvalue weighted by molar-refractivity contribution is 7.11. The van der Waals surface area contributed by atoms with E-state index in [1.165, 1.54) is 9.75 Å². The summed E-state index contributed by atoms with van der Waals surface area (Å²) in [5.74, 6) is 0.553. The predicted octanol–water partition coefficient (Wildman–Crippen LogP) is 3.59. The van der Waals surface area contributed by atoms with Crippen molar-refractivity contribution in [2.24, 2.45) is 0 Å². The van der Waals surface area contributed by atoms with Gasteiger partial charge in [-0.2, -0.15) is 5.26 Å². The number of aromatic nitrogens is 1. The molecule has 86 valence electrons. The zero-order valence-corrected chi connectivity index (χ0v) is 10.8. The Kier molecular flexibility index (Phi) is 3.62. The molecular weight excluding hydrogens is 254 g/mol. The van der Waals surface area contributed by atoms with Gasteiger partial charge in [-0.1, -0.05) is 11.6 Å². The maximum absolute atomic E-state index is 8.84. The summed E-state index contributed by atoms with van der Waals surface area (Å²) in [6.45, 7) is 2.73. The van der Waals surface area contributed by atoms with Gasteiger partial charge in [-0.05, 0) is 25.1 Å². The second-order valence-electron chi connectivity index (χ2n) is 3.50. The van der Waals surface area contributed by atoms with E-state index in [2.05, 4.69) is 29.4 Å². The molecule has 3 nitrogen and oxygen atoms in total. The van der Waals surface area contributed by atoms with E-state index in [1.54, 1.807) is 23.6 Å². The fourth-order valence-corrected chi connectivity index (χ4v) is 2.46. The molecule has 5 heteroatoms. The maximum Gasteiger partial charge on any atom is 0.146 e. The van der Waals surface area contributed by atoms with Gasteiger partial charge in [-0.15, -0.1) is 11.3 Å². The van der Waals surface area contributed by atoms with Crippen molar-refractivity contribution in [1.29, 1.82) is 5.26 Å². The fraction of sp³-hybridized carbons (Fsp3) is 0.167. The molecule has 0 amide bonds. The van der Waals surface area contributed by atoms with E-state index in [0.29, 0.717) is 22.9 Å². The number of hydrogen-bond acceptors (Lipinski definition) is 4. The van der Waals surface area contributed by atoms with Crippen molar-refractivity contribution in [2.75, 3.05) is 5.32 Å². The Hall–Kier alpha value is -1.57. The Morgan fingerprint density at radius 2 is 2.29 bits per heavy atom. The van der Waals surface area contributed by atoms with Gasteiger partial charge < -0.3 is 5.32 Å². The lowest BCUT2D eigenvalue weighted by Gasteiger charge is -2.06. The van der Waals surface area contributed by atoms with Gasteiger partial charge in [-0.3, -0.25) is 0 Å². The minimum atomic E-state index is 0.378. The summed E-state index contributed by atoms with van der Waals surface area (Å²) in [6.07, 6.45) is 1.58. The Morgan fingerprint density at radius 3 is 2.94 bits per heavy atom. The molecule has 0 aliphatic rings.